The van der Waals surface area contributed by atoms with Crippen LogP contribution in [0, 0.1) is 0 Å². The number of rotatable bonds is 37. The minimum Gasteiger partial charge on any atom is -0.466 e. The van der Waals surface area contributed by atoms with Crippen molar-refractivity contribution in [2.45, 2.75) is 232 Å². The van der Waals surface area contributed by atoms with Gasteiger partial charge in [-0.15, -0.1) is 0 Å². The molecule has 48 heavy (non-hydrogen) atoms. The topological polar surface area (TPSA) is 76.1 Å². The average molecular weight is 682 g/mol. The molecular formula is C42H83NO5. The van der Waals surface area contributed by atoms with Gasteiger partial charge in [-0.1, -0.05) is 136 Å². The number of hydrogen-bond donors (Lipinski definition) is 1. The van der Waals surface area contributed by atoms with Crippen molar-refractivity contribution in [3.05, 3.63) is 0 Å². The van der Waals surface area contributed by atoms with Crippen molar-refractivity contribution in [3.8, 4) is 0 Å². The van der Waals surface area contributed by atoms with Crippen LogP contribution in [0.4, 0.5) is 0 Å². The predicted octanol–water partition coefficient (Wildman–Crippen LogP) is 11.9. The van der Waals surface area contributed by atoms with E-state index < -0.39 is 0 Å². The molecule has 0 amide bonds. The summed E-state index contributed by atoms with van der Waals surface area (Å²) in [5.74, 6) is -0.0612. The van der Waals surface area contributed by atoms with Crippen LogP contribution in [-0.4, -0.2) is 59.9 Å². The van der Waals surface area contributed by atoms with E-state index in [-0.39, 0.29) is 30.2 Å². The molecule has 0 aromatic carbocycles. The first-order valence-electron chi connectivity index (χ1n) is 21.0. The highest BCUT2D eigenvalue weighted by atomic mass is 16.5. The Labute approximate surface area is 299 Å². The summed E-state index contributed by atoms with van der Waals surface area (Å²) < 4.78 is 11.4. The monoisotopic (exact) mass is 682 g/mol. The van der Waals surface area contributed by atoms with Crippen LogP contribution in [0.25, 0.3) is 0 Å². The van der Waals surface area contributed by atoms with Gasteiger partial charge in [0.25, 0.3) is 0 Å². The molecule has 0 fully saturated rings. The fourth-order valence-corrected chi connectivity index (χ4v) is 6.44. The normalized spacial score (nSPS) is 11.9. The molecule has 0 saturated heterocycles. The molecule has 6 heteroatoms. The smallest absolute Gasteiger partial charge is 0.306 e. The lowest BCUT2D eigenvalue weighted by Gasteiger charge is -2.37. The van der Waals surface area contributed by atoms with E-state index in [1.165, 1.54) is 83.5 Å². The van der Waals surface area contributed by atoms with Gasteiger partial charge >= 0.3 is 11.9 Å². The number of unbranched alkanes of at least 4 members (excludes halogenated alkanes) is 20. The summed E-state index contributed by atoms with van der Waals surface area (Å²) in [6, 6.07) is 0. The number of esters is 2. The third kappa shape index (κ3) is 29.7. The SMILES string of the molecule is CCCCCCCCCCCOC(=O)CCCCCN(CCCCCCCC(=O)OC(CCCCCC)CCCCCC)C(C)(C)CO. The Morgan fingerprint density at radius 2 is 0.938 bits per heavy atom. The third-order valence-corrected chi connectivity index (χ3v) is 9.93. The Hall–Kier alpha value is -1.14. The second kappa shape index (κ2) is 34.3. The molecule has 0 aliphatic heterocycles. The van der Waals surface area contributed by atoms with Crippen LogP contribution in [0.2, 0.25) is 0 Å². The molecule has 0 rings (SSSR count). The molecule has 0 bridgehead atoms. The van der Waals surface area contributed by atoms with Crippen LogP contribution in [0.15, 0.2) is 0 Å². The van der Waals surface area contributed by atoms with E-state index in [1.807, 2.05) is 0 Å². The molecule has 0 unspecified atom stereocenters. The molecule has 0 aliphatic carbocycles. The van der Waals surface area contributed by atoms with E-state index in [0.29, 0.717) is 19.4 Å². The predicted molar refractivity (Wildman–Crippen MR) is 204 cm³/mol. The maximum absolute atomic E-state index is 12.6. The average Bonchev–Trinajstić information content (AvgIpc) is 3.07. The number of aliphatic hydroxyl groups is 1. The van der Waals surface area contributed by atoms with Crippen molar-refractivity contribution < 1.29 is 24.2 Å². The third-order valence-electron chi connectivity index (χ3n) is 9.93. The maximum Gasteiger partial charge on any atom is 0.306 e. The van der Waals surface area contributed by atoms with Gasteiger partial charge in [0.1, 0.15) is 6.10 Å². The zero-order chi connectivity index (χ0) is 35.6. The highest BCUT2D eigenvalue weighted by Gasteiger charge is 2.25. The molecule has 286 valence electrons. The van der Waals surface area contributed by atoms with Crippen LogP contribution >= 0.6 is 0 Å². The minimum absolute atomic E-state index is 0.00563. The summed E-state index contributed by atoms with van der Waals surface area (Å²) in [7, 11) is 0. The Kier molecular flexibility index (Phi) is 33.5. The minimum atomic E-state index is -0.248. The molecule has 0 atom stereocenters. The van der Waals surface area contributed by atoms with Crippen molar-refractivity contribution >= 4 is 11.9 Å². The van der Waals surface area contributed by atoms with Gasteiger partial charge in [-0.3, -0.25) is 14.5 Å². The largest absolute Gasteiger partial charge is 0.466 e. The number of nitrogens with zero attached hydrogens (tertiary/aromatic N) is 1. The molecule has 0 spiro atoms. The number of carbonyl (C=O) groups excluding carboxylic acids is 2. The summed E-state index contributed by atoms with van der Waals surface area (Å²) in [6.45, 7) is 13.6. The fraction of sp³-hybridized carbons (Fsp3) is 0.952. The lowest BCUT2D eigenvalue weighted by Crippen LogP contribution is -2.47. The van der Waals surface area contributed by atoms with Crippen LogP contribution in [0.5, 0.6) is 0 Å². The van der Waals surface area contributed by atoms with Gasteiger partial charge < -0.3 is 14.6 Å². The Morgan fingerprint density at radius 3 is 1.44 bits per heavy atom. The van der Waals surface area contributed by atoms with Crippen molar-refractivity contribution in [2.75, 3.05) is 26.3 Å². The number of hydrogen-bond acceptors (Lipinski definition) is 6. The molecule has 0 saturated carbocycles. The zero-order valence-corrected chi connectivity index (χ0v) is 32.9. The van der Waals surface area contributed by atoms with Crippen molar-refractivity contribution in [2.24, 2.45) is 0 Å². The number of aliphatic hydroxyl groups excluding tert-OH is 1. The van der Waals surface area contributed by atoms with E-state index in [2.05, 4.69) is 39.5 Å². The fourth-order valence-electron chi connectivity index (χ4n) is 6.44. The van der Waals surface area contributed by atoms with Gasteiger partial charge in [0.15, 0.2) is 0 Å². The lowest BCUT2D eigenvalue weighted by molar-refractivity contribution is -0.150. The Morgan fingerprint density at radius 1 is 0.542 bits per heavy atom. The molecule has 0 aliphatic rings. The van der Waals surface area contributed by atoms with Gasteiger partial charge in [-0.2, -0.15) is 0 Å². The molecule has 1 N–H and O–H groups in total. The van der Waals surface area contributed by atoms with Crippen molar-refractivity contribution in [3.63, 3.8) is 0 Å². The van der Waals surface area contributed by atoms with Gasteiger partial charge in [-0.05, 0) is 84.7 Å². The Bertz CT molecular complexity index is 700. The molecule has 6 nitrogen and oxygen atoms in total. The van der Waals surface area contributed by atoms with Gasteiger partial charge in [0.2, 0.25) is 0 Å². The van der Waals surface area contributed by atoms with E-state index in [1.54, 1.807) is 0 Å². The highest BCUT2D eigenvalue weighted by molar-refractivity contribution is 5.69. The summed E-state index contributed by atoms with van der Waals surface area (Å²) in [6.07, 6.45) is 32.6. The van der Waals surface area contributed by atoms with Gasteiger partial charge in [0, 0.05) is 18.4 Å². The molecule has 0 heterocycles. The summed E-state index contributed by atoms with van der Waals surface area (Å²) in [5, 5.41) is 10.0. The van der Waals surface area contributed by atoms with E-state index in [9.17, 15) is 14.7 Å². The first-order chi connectivity index (χ1) is 23.3. The quantitative estimate of drug-likeness (QED) is 0.0519. The second-order valence-corrected chi connectivity index (χ2v) is 15.1. The Balaban J connectivity index is 4.09. The van der Waals surface area contributed by atoms with Crippen molar-refractivity contribution in [1.29, 1.82) is 0 Å². The van der Waals surface area contributed by atoms with Crippen LogP contribution in [-0.2, 0) is 19.1 Å². The van der Waals surface area contributed by atoms with Crippen LogP contribution < -0.4 is 0 Å². The van der Waals surface area contributed by atoms with Gasteiger partial charge in [-0.25, -0.2) is 0 Å². The first-order valence-corrected chi connectivity index (χ1v) is 21.0. The standard InChI is InChI=1S/C42H83NO5/c1-6-9-12-15-16-17-18-22-30-37-47-40(45)33-27-23-29-36-43(42(4,5)38-44)35-28-21-19-20-26-34-41(46)48-39(31-24-13-10-7-2)32-25-14-11-8-3/h39,44H,6-38H2,1-5H3. The van der Waals surface area contributed by atoms with E-state index >= 15 is 0 Å². The van der Waals surface area contributed by atoms with E-state index in [4.69, 9.17) is 9.47 Å². The summed E-state index contributed by atoms with van der Waals surface area (Å²) in [5.41, 5.74) is -0.248. The molecule has 0 aromatic rings. The molecule has 0 aromatic heterocycles. The second-order valence-electron chi connectivity index (χ2n) is 15.1. The lowest BCUT2D eigenvalue weighted by atomic mass is 10.0. The maximum atomic E-state index is 12.6. The molecule has 0 radical (unpaired) electrons. The summed E-state index contributed by atoms with van der Waals surface area (Å²) in [4.78, 5) is 27.1. The van der Waals surface area contributed by atoms with Gasteiger partial charge in [0.05, 0.1) is 13.2 Å². The zero-order valence-electron chi connectivity index (χ0n) is 32.9. The van der Waals surface area contributed by atoms with Crippen LogP contribution in [0.1, 0.15) is 221 Å². The highest BCUT2D eigenvalue weighted by Crippen LogP contribution is 2.19. The van der Waals surface area contributed by atoms with Crippen molar-refractivity contribution in [1.82, 2.24) is 4.90 Å². The molecular weight excluding hydrogens is 598 g/mol. The number of carbonyl (C=O) groups is 2. The summed E-state index contributed by atoms with van der Waals surface area (Å²) >= 11 is 0. The first kappa shape index (κ1) is 46.9. The van der Waals surface area contributed by atoms with Crippen LogP contribution in [0.3, 0.4) is 0 Å². The number of ether oxygens (including phenoxy) is 2. The van der Waals surface area contributed by atoms with E-state index in [0.717, 1.165) is 103 Å².